The van der Waals surface area contributed by atoms with Gasteiger partial charge in [0.15, 0.2) is 0 Å². The normalized spacial score (nSPS) is 21.0. The van der Waals surface area contributed by atoms with Crippen LogP contribution in [0.25, 0.3) is 55.6 Å². The second kappa shape index (κ2) is 12.8. The highest BCUT2D eigenvalue weighted by atomic mass is 15.2. The number of para-hydroxylation sites is 2. The van der Waals surface area contributed by atoms with Crippen LogP contribution in [0.5, 0.6) is 0 Å². The van der Waals surface area contributed by atoms with Gasteiger partial charge in [0.05, 0.1) is 17.1 Å². The maximum atomic E-state index is 2.66. The summed E-state index contributed by atoms with van der Waals surface area (Å²) in [6, 6.07) is 67.6. The van der Waals surface area contributed by atoms with E-state index in [0.29, 0.717) is 5.92 Å². The summed E-state index contributed by atoms with van der Waals surface area (Å²) in [4.78, 5) is 2.66. The summed E-state index contributed by atoms with van der Waals surface area (Å²) in [6.45, 7) is 9.53. The molecule has 1 spiro atoms. The predicted octanol–water partition coefficient (Wildman–Crippen LogP) is 16.2. The van der Waals surface area contributed by atoms with Crippen molar-refractivity contribution in [1.82, 2.24) is 0 Å². The first-order valence-electron chi connectivity index (χ1n) is 23.0. The molecule has 2 fully saturated rings. The largest absolute Gasteiger partial charge is 0.309 e. The van der Waals surface area contributed by atoms with E-state index in [2.05, 4.69) is 209 Å². The van der Waals surface area contributed by atoms with Gasteiger partial charge in [-0.3, -0.25) is 0 Å². The van der Waals surface area contributed by atoms with Crippen molar-refractivity contribution in [3.05, 3.63) is 209 Å². The van der Waals surface area contributed by atoms with E-state index in [1.807, 2.05) is 0 Å². The molecule has 0 saturated heterocycles. The Kier molecular flexibility index (Phi) is 7.48. The minimum Gasteiger partial charge on any atom is -0.309 e. The zero-order chi connectivity index (χ0) is 41.5. The summed E-state index contributed by atoms with van der Waals surface area (Å²) in [5, 5.41) is 0. The molecule has 62 heavy (non-hydrogen) atoms. The first-order valence-corrected chi connectivity index (χ1v) is 23.0. The topological polar surface area (TPSA) is 3.24 Å². The van der Waals surface area contributed by atoms with Crippen LogP contribution in [0.1, 0.15) is 86.8 Å². The van der Waals surface area contributed by atoms with E-state index in [-0.39, 0.29) is 16.2 Å². The lowest BCUT2D eigenvalue weighted by Gasteiger charge is -2.37. The number of hydrogen-bond donors (Lipinski definition) is 0. The van der Waals surface area contributed by atoms with Crippen LogP contribution in [0, 0.1) is 11.8 Å². The van der Waals surface area contributed by atoms with Gasteiger partial charge in [0, 0.05) is 32.9 Å². The molecule has 0 amide bonds. The maximum absolute atomic E-state index is 2.66. The molecule has 8 aromatic rings. The molecule has 1 heteroatoms. The third-order valence-corrected chi connectivity index (χ3v) is 16.4. The van der Waals surface area contributed by atoms with Gasteiger partial charge in [0.1, 0.15) is 0 Å². The second-order valence-corrected chi connectivity index (χ2v) is 20.0. The zero-order valence-corrected chi connectivity index (χ0v) is 36.2. The van der Waals surface area contributed by atoms with Gasteiger partial charge in [-0.1, -0.05) is 186 Å². The predicted molar refractivity (Wildman–Crippen MR) is 259 cm³/mol. The minimum atomic E-state index is -0.0944. The average Bonchev–Trinajstić information content (AvgIpc) is 4.10. The Labute approximate surface area is 366 Å². The van der Waals surface area contributed by atoms with Crippen LogP contribution in [0.15, 0.2) is 176 Å². The van der Waals surface area contributed by atoms with Crippen LogP contribution in [0.4, 0.5) is 17.1 Å². The van der Waals surface area contributed by atoms with Gasteiger partial charge < -0.3 is 4.90 Å². The van der Waals surface area contributed by atoms with Crippen molar-refractivity contribution in [3.8, 4) is 55.6 Å². The van der Waals surface area contributed by atoms with E-state index in [4.69, 9.17) is 0 Å². The van der Waals surface area contributed by atoms with Crippen molar-refractivity contribution < 1.29 is 0 Å². The Morgan fingerprint density at radius 1 is 0.387 bits per heavy atom. The fraction of sp³-hybridized carbons (Fsp3) is 0.213. The Morgan fingerprint density at radius 3 is 1.63 bits per heavy atom. The molecule has 2 bridgehead atoms. The fourth-order valence-electron chi connectivity index (χ4n) is 13.7. The van der Waals surface area contributed by atoms with E-state index < -0.39 is 0 Å². The Bertz CT molecular complexity index is 3180. The minimum absolute atomic E-state index is 0.0499. The molecule has 13 rings (SSSR count). The van der Waals surface area contributed by atoms with Crippen molar-refractivity contribution in [1.29, 1.82) is 0 Å². The summed E-state index contributed by atoms with van der Waals surface area (Å²) in [7, 11) is 0. The fourth-order valence-corrected chi connectivity index (χ4v) is 13.7. The van der Waals surface area contributed by atoms with E-state index in [1.165, 1.54) is 126 Å². The second-order valence-electron chi connectivity index (χ2n) is 20.0. The standard InChI is InChI=1S/C61H51N/c1-59(2)48-23-10-5-18-42(48)47-36-39(32-34-50(47)59)41-17-8-13-28-54(41)62(56-30-16-27-53-58(56)46-21-7-12-25-51(46)61(53)37-38-31-33-40(61)35-38)55-29-14-9-19-43(55)44-22-15-26-52-57(44)45-20-6-11-24-49(45)60(52,3)4/h5-30,32,34,36,38,40H,31,33,35,37H2,1-4H3. The molecular formula is C61H51N. The highest BCUT2D eigenvalue weighted by molar-refractivity contribution is 6.03. The molecule has 0 N–H and O–H groups in total. The number of benzene rings is 8. The Balaban J connectivity index is 1.09. The van der Waals surface area contributed by atoms with Crippen molar-refractivity contribution in [2.75, 3.05) is 4.90 Å². The number of nitrogens with zero attached hydrogens (tertiary/aromatic N) is 1. The lowest BCUT2D eigenvalue weighted by molar-refractivity contribution is 0.327. The summed E-state index contributed by atoms with van der Waals surface area (Å²) < 4.78 is 0. The van der Waals surface area contributed by atoms with Crippen LogP contribution in [-0.4, -0.2) is 0 Å². The van der Waals surface area contributed by atoms with Crippen LogP contribution in [-0.2, 0) is 16.2 Å². The van der Waals surface area contributed by atoms with Crippen LogP contribution in [0.2, 0.25) is 0 Å². The lowest BCUT2D eigenvalue weighted by atomic mass is 9.67. The van der Waals surface area contributed by atoms with Crippen molar-refractivity contribution in [3.63, 3.8) is 0 Å². The van der Waals surface area contributed by atoms with Gasteiger partial charge in [0.25, 0.3) is 0 Å². The molecule has 2 saturated carbocycles. The molecule has 0 aliphatic heterocycles. The molecule has 0 radical (unpaired) electrons. The van der Waals surface area contributed by atoms with E-state index >= 15 is 0 Å². The third-order valence-electron chi connectivity index (χ3n) is 16.4. The van der Waals surface area contributed by atoms with E-state index in [9.17, 15) is 0 Å². The molecule has 5 aliphatic carbocycles. The van der Waals surface area contributed by atoms with Crippen molar-refractivity contribution >= 4 is 17.1 Å². The first kappa shape index (κ1) is 36.2. The van der Waals surface area contributed by atoms with Crippen LogP contribution in [0.3, 0.4) is 0 Å². The molecule has 8 aromatic carbocycles. The summed E-state index contributed by atoms with van der Waals surface area (Å²) in [5.41, 5.74) is 25.5. The van der Waals surface area contributed by atoms with Crippen molar-refractivity contribution in [2.45, 2.75) is 69.6 Å². The maximum Gasteiger partial charge on any atom is 0.0543 e. The van der Waals surface area contributed by atoms with Crippen molar-refractivity contribution in [2.24, 2.45) is 11.8 Å². The van der Waals surface area contributed by atoms with E-state index in [0.717, 1.165) is 5.92 Å². The van der Waals surface area contributed by atoms with Gasteiger partial charge in [0.2, 0.25) is 0 Å². The lowest BCUT2D eigenvalue weighted by Crippen LogP contribution is -2.31. The number of rotatable bonds is 5. The number of fused-ring (bicyclic) bond motifs is 14. The quantitative estimate of drug-likeness (QED) is 0.168. The smallest absolute Gasteiger partial charge is 0.0543 e. The number of hydrogen-bond acceptors (Lipinski definition) is 1. The molecular weight excluding hydrogens is 747 g/mol. The molecule has 0 aromatic heterocycles. The molecule has 3 unspecified atom stereocenters. The third kappa shape index (κ3) is 4.69. The summed E-state index contributed by atoms with van der Waals surface area (Å²) in [6.07, 6.45) is 5.31. The zero-order valence-electron chi connectivity index (χ0n) is 36.2. The number of anilines is 3. The van der Waals surface area contributed by atoms with Gasteiger partial charge in [-0.2, -0.15) is 0 Å². The van der Waals surface area contributed by atoms with Gasteiger partial charge >= 0.3 is 0 Å². The highest BCUT2D eigenvalue weighted by Crippen LogP contribution is 2.67. The van der Waals surface area contributed by atoms with Crippen LogP contribution >= 0.6 is 0 Å². The van der Waals surface area contributed by atoms with Gasteiger partial charge in [-0.25, -0.2) is 0 Å². The Hall–Kier alpha value is -6.44. The summed E-state index contributed by atoms with van der Waals surface area (Å²) in [5.74, 6) is 1.49. The summed E-state index contributed by atoms with van der Waals surface area (Å²) >= 11 is 0. The molecule has 3 atom stereocenters. The monoisotopic (exact) mass is 797 g/mol. The Morgan fingerprint density at radius 2 is 0.903 bits per heavy atom. The van der Waals surface area contributed by atoms with Gasteiger partial charge in [-0.05, 0) is 128 Å². The average molecular weight is 798 g/mol. The molecule has 1 nitrogen and oxygen atoms in total. The van der Waals surface area contributed by atoms with Gasteiger partial charge in [-0.15, -0.1) is 0 Å². The SMILES string of the molecule is CC1(C)c2ccccc2-c2cc(-c3ccccc3N(c3ccccc3-c3cccc4c3-c3ccccc3C4(C)C)c3cccc4c3-c3ccccc3C43CC4CCC3C4)ccc21. The molecule has 300 valence electrons. The first-order chi connectivity index (χ1) is 30.3. The molecule has 5 aliphatic rings. The van der Waals surface area contributed by atoms with Crippen LogP contribution < -0.4 is 4.90 Å². The highest BCUT2D eigenvalue weighted by Gasteiger charge is 2.57. The molecule has 0 heterocycles. The van der Waals surface area contributed by atoms with E-state index in [1.54, 1.807) is 5.56 Å².